The number of piperazine rings is 1. The van der Waals surface area contributed by atoms with Crippen molar-refractivity contribution in [1.29, 1.82) is 0 Å². The van der Waals surface area contributed by atoms with Crippen molar-refractivity contribution in [2.24, 2.45) is 5.73 Å². The summed E-state index contributed by atoms with van der Waals surface area (Å²) in [6.07, 6.45) is 4.69. The summed E-state index contributed by atoms with van der Waals surface area (Å²) in [5.74, 6) is 0.944. The summed E-state index contributed by atoms with van der Waals surface area (Å²) < 4.78 is 5.11. The van der Waals surface area contributed by atoms with Gasteiger partial charge in [0.15, 0.2) is 0 Å². The normalized spacial score (nSPS) is 13.9. The molecule has 0 spiro atoms. The van der Waals surface area contributed by atoms with Crippen LogP contribution >= 0.6 is 12.4 Å². The monoisotopic (exact) mass is 383 g/mol. The Morgan fingerprint density at radius 2 is 1.54 bits per heavy atom. The molecule has 6 nitrogen and oxygen atoms in total. The minimum absolute atomic E-state index is 0. The molecule has 2 N–H and O–H groups in total. The SMILES string of the molecule is COc1ccc(C(=O)N2CCN(C(=O)CCCCCCN)CC2)cc1.Cl. The maximum atomic E-state index is 12.5. The highest BCUT2D eigenvalue weighted by Gasteiger charge is 2.24. The van der Waals surface area contributed by atoms with Crippen molar-refractivity contribution in [1.82, 2.24) is 9.80 Å². The summed E-state index contributed by atoms with van der Waals surface area (Å²) in [7, 11) is 1.60. The van der Waals surface area contributed by atoms with Crippen LogP contribution in [0.25, 0.3) is 0 Å². The molecule has 26 heavy (non-hydrogen) atoms. The predicted molar refractivity (Wildman–Crippen MR) is 105 cm³/mol. The number of unbranched alkanes of at least 4 members (excludes halogenated alkanes) is 3. The fraction of sp³-hybridized carbons (Fsp3) is 0.579. The maximum Gasteiger partial charge on any atom is 0.253 e. The van der Waals surface area contributed by atoms with Gasteiger partial charge in [-0.05, 0) is 43.7 Å². The first-order chi connectivity index (χ1) is 12.2. The molecule has 1 aliphatic rings. The van der Waals surface area contributed by atoms with Crippen molar-refractivity contribution in [3.8, 4) is 5.75 Å². The van der Waals surface area contributed by atoms with Gasteiger partial charge in [0.1, 0.15) is 5.75 Å². The second kappa shape index (κ2) is 11.8. The highest BCUT2D eigenvalue weighted by molar-refractivity contribution is 5.94. The van der Waals surface area contributed by atoms with Crippen LogP contribution in [0.5, 0.6) is 5.75 Å². The lowest BCUT2D eigenvalue weighted by Crippen LogP contribution is -2.50. The van der Waals surface area contributed by atoms with Gasteiger partial charge in [0.2, 0.25) is 5.91 Å². The number of hydrogen-bond donors (Lipinski definition) is 1. The fourth-order valence-electron chi connectivity index (χ4n) is 3.01. The van der Waals surface area contributed by atoms with E-state index in [0.717, 1.165) is 38.0 Å². The number of rotatable bonds is 8. The fourth-order valence-corrected chi connectivity index (χ4v) is 3.01. The van der Waals surface area contributed by atoms with E-state index in [1.807, 2.05) is 9.80 Å². The summed E-state index contributed by atoms with van der Waals surface area (Å²) in [4.78, 5) is 28.4. The van der Waals surface area contributed by atoms with E-state index in [2.05, 4.69) is 0 Å². The summed E-state index contributed by atoms with van der Waals surface area (Å²) in [6, 6.07) is 7.13. The van der Waals surface area contributed by atoms with Crippen molar-refractivity contribution in [3.05, 3.63) is 29.8 Å². The highest BCUT2D eigenvalue weighted by atomic mass is 35.5. The van der Waals surface area contributed by atoms with E-state index < -0.39 is 0 Å². The smallest absolute Gasteiger partial charge is 0.253 e. The second-order valence-electron chi connectivity index (χ2n) is 6.35. The largest absolute Gasteiger partial charge is 0.497 e. The van der Waals surface area contributed by atoms with Gasteiger partial charge in [0.25, 0.3) is 5.91 Å². The van der Waals surface area contributed by atoms with Gasteiger partial charge in [-0.1, -0.05) is 12.8 Å². The number of amides is 2. The Labute approximate surface area is 162 Å². The lowest BCUT2D eigenvalue weighted by atomic mass is 10.1. The Morgan fingerprint density at radius 3 is 2.12 bits per heavy atom. The third kappa shape index (κ3) is 6.50. The molecule has 1 saturated heterocycles. The molecule has 0 radical (unpaired) electrons. The van der Waals surface area contributed by atoms with Crippen LogP contribution in [0.1, 0.15) is 42.5 Å². The van der Waals surface area contributed by atoms with E-state index in [1.54, 1.807) is 31.4 Å². The van der Waals surface area contributed by atoms with E-state index in [9.17, 15) is 9.59 Å². The van der Waals surface area contributed by atoms with E-state index in [1.165, 1.54) is 0 Å². The van der Waals surface area contributed by atoms with Crippen molar-refractivity contribution in [3.63, 3.8) is 0 Å². The topological polar surface area (TPSA) is 75.9 Å². The highest BCUT2D eigenvalue weighted by Crippen LogP contribution is 2.15. The van der Waals surface area contributed by atoms with E-state index in [4.69, 9.17) is 10.5 Å². The number of carbonyl (C=O) groups excluding carboxylic acids is 2. The minimum atomic E-state index is 0. The molecule has 2 rings (SSSR count). The maximum absolute atomic E-state index is 12.5. The van der Waals surface area contributed by atoms with Gasteiger partial charge in [-0.25, -0.2) is 0 Å². The van der Waals surface area contributed by atoms with Crippen molar-refractivity contribution >= 4 is 24.2 Å². The molecule has 146 valence electrons. The van der Waals surface area contributed by atoms with Gasteiger partial charge in [-0.2, -0.15) is 0 Å². The average molecular weight is 384 g/mol. The minimum Gasteiger partial charge on any atom is -0.497 e. The Kier molecular flexibility index (Phi) is 10.1. The third-order valence-corrected chi connectivity index (χ3v) is 4.60. The Hall–Kier alpha value is -1.79. The van der Waals surface area contributed by atoms with Crippen molar-refractivity contribution < 1.29 is 14.3 Å². The standard InChI is InChI=1S/C19H29N3O3.ClH/c1-25-17-9-7-16(8-10-17)19(24)22-14-12-21(13-15-22)18(23)6-4-2-3-5-11-20;/h7-10H,2-6,11-15,20H2,1H3;1H. The molecule has 0 saturated carbocycles. The molecule has 7 heteroatoms. The second-order valence-corrected chi connectivity index (χ2v) is 6.35. The van der Waals surface area contributed by atoms with Crippen LogP contribution in [-0.2, 0) is 4.79 Å². The molecule has 0 atom stereocenters. The summed E-state index contributed by atoms with van der Waals surface area (Å²) in [5, 5.41) is 0. The van der Waals surface area contributed by atoms with Gasteiger partial charge in [-0.15, -0.1) is 12.4 Å². The zero-order valence-electron chi connectivity index (χ0n) is 15.5. The summed E-state index contributed by atoms with van der Waals surface area (Å²) in [6.45, 7) is 3.12. The number of hydrogen-bond acceptors (Lipinski definition) is 4. The summed E-state index contributed by atoms with van der Waals surface area (Å²) in [5.41, 5.74) is 6.12. The van der Waals surface area contributed by atoms with Gasteiger partial charge in [0, 0.05) is 38.2 Å². The lowest BCUT2D eigenvalue weighted by Gasteiger charge is -2.35. The van der Waals surface area contributed by atoms with Crippen molar-refractivity contribution in [2.75, 3.05) is 39.8 Å². The number of nitrogens with two attached hydrogens (primary N) is 1. The zero-order chi connectivity index (χ0) is 18.1. The van der Waals surface area contributed by atoms with Crippen LogP contribution in [0, 0.1) is 0 Å². The van der Waals surface area contributed by atoms with Gasteiger partial charge >= 0.3 is 0 Å². The molecule has 1 heterocycles. The third-order valence-electron chi connectivity index (χ3n) is 4.60. The number of methoxy groups -OCH3 is 1. The summed E-state index contributed by atoms with van der Waals surface area (Å²) >= 11 is 0. The van der Waals surface area contributed by atoms with Crippen LogP contribution in [-0.4, -0.2) is 61.4 Å². The number of ether oxygens (including phenoxy) is 1. The number of nitrogens with zero attached hydrogens (tertiary/aromatic N) is 2. The molecule has 0 unspecified atom stereocenters. The van der Waals surface area contributed by atoms with E-state index in [0.29, 0.717) is 38.2 Å². The Balaban J connectivity index is 0.00000338. The average Bonchev–Trinajstić information content (AvgIpc) is 2.67. The number of halogens is 1. The van der Waals surface area contributed by atoms with Gasteiger partial charge < -0.3 is 20.3 Å². The first-order valence-electron chi connectivity index (χ1n) is 9.07. The first kappa shape index (κ1) is 22.3. The molecule has 0 aliphatic carbocycles. The molecular weight excluding hydrogens is 354 g/mol. The van der Waals surface area contributed by atoms with Gasteiger partial charge in [-0.3, -0.25) is 9.59 Å². The Morgan fingerprint density at radius 1 is 0.962 bits per heavy atom. The number of benzene rings is 1. The molecular formula is C19H30ClN3O3. The molecule has 0 bridgehead atoms. The quantitative estimate of drug-likeness (QED) is 0.699. The lowest BCUT2D eigenvalue weighted by molar-refractivity contribution is -0.132. The Bertz CT molecular complexity index is 558. The predicted octanol–water partition coefficient (Wildman–Crippen LogP) is 2.31. The molecule has 1 aromatic rings. The van der Waals surface area contributed by atoms with Crippen LogP contribution in [0.3, 0.4) is 0 Å². The van der Waals surface area contributed by atoms with Crippen LogP contribution < -0.4 is 10.5 Å². The molecule has 1 fully saturated rings. The first-order valence-corrected chi connectivity index (χ1v) is 9.07. The van der Waals surface area contributed by atoms with Crippen LogP contribution in [0.15, 0.2) is 24.3 Å². The molecule has 2 amide bonds. The van der Waals surface area contributed by atoms with Crippen LogP contribution in [0.4, 0.5) is 0 Å². The van der Waals surface area contributed by atoms with Gasteiger partial charge in [0.05, 0.1) is 7.11 Å². The molecule has 1 aromatic carbocycles. The van der Waals surface area contributed by atoms with E-state index >= 15 is 0 Å². The number of carbonyl (C=O) groups is 2. The zero-order valence-corrected chi connectivity index (χ0v) is 16.3. The van der Waals surface area contributed by atoms with E-state index in [-0.39, 0.29) is 24.2 Å². The molecule has 1 aliphatic heterocycles. The van der Waals surface area contributed by atoms with Crippen LogP contribution in [0.2, 0.25) is 0 Å². The van der Waals surface area contributed by atoms with Crippen molar-refractivity contribution in [2.45, 2.75) is 32.1 Å². The molecule has 0 aromatic heterocycles.